The van der Waals surface area contributed by atoms with Gasteiger partial charge in [-0.2, -0.15) is 0 Å². The Morgan fingerprint density at radius 3 is 2.56 bits per heavy atom. The van der Waals surface area contributed by atoms with Gasteiger partial charge in [0.25, 0.3) is 0 Å². The molecule has 18 heavy (non-hydrogen) atoms. The molecule has 0 spiro atoms. The second kappa shape index (κ2) is 5.63. The van der Waals surface area contributed by atoms with Crippen molar-refractivity contribution in [2.75, 3.05) is 20.8 Å². The van der Waals surface area contributed by atoms with Crippen molar-refractivity contribution in [3.63, 3.8) is 0 Å². The molecule has 1 atom stereocenters. The Morgan fingerprint density at radius 2 is 2.06 bits per heavy atom. The Kier molecular flexibility index (Phi) is 4.14. The molecule has 0 saturated heterocycles. The third-order valence-corrected chi connectivity index (χ3v) is 3.70. The molecule has 1 aliphatic carbocycles. The highest BCUT2D eigenvalue weighted by molar-refractivity contribution is 5.25. The van der Waals surface area contributed by atoms with E-state index in [1.165, 1.54) is 6.42 Å². The zero-order valence-electron chi connectivity index (χ0n) is 11.3. The van der Waals surface area contributed by atoms with E-state index in [9.17, 15) is 0 Å². The molecule has 1 unspecified atom stereocenters. The second-order valence-corrected chi connectivity index (χ2v) is 4.56. The number of hydrogen-bond donors (Lipinski definition) is 1. The second-order valence-electron chi connectivity index (χ2n) is 4.56. The van der Waals surface area contributed by atoms with Crippen LogP contribution in [0, 0.1) is 0 Å². The van der Waals surface area contributed by atoms with Crippen LogP contribution in [0.2, 0.25) is 0 Å². The normalized spacial score (nSPS) is 19.1. The van der Waals surface area contributed by atoms with Crippen LogP contribution in [0.1, 0.15) is 37.9 Å². The maximum Gasteiger partial charge on any atom is 0.237 e. The minimum atomic E-state index is -0.167. The summed E-state index contributed by atoms with van der Waals surface area (Å²) in [5, 5.41) is 3.46. The summed E-state index contributed by atoms with van der Waals surface area (Å²) in [5.41, 5.74) is 0.669. The van der Waals surface area contributed by atoms with Crippen LogP contribution < -0.4 is 10.1 Å². The largest absolute Gasteiger partial charge is 0.480 e. The van der Waals surface area contributed by atoms with Crippen LogP contribution in [0.15, 0.2) is 12.4 Å². The van der Waals surface area contributed by atoms with Crippen LogP contribution in [0.25, 0.3) is 0 Å². The summed E-state index contributed by atoms with van der Waals surface area (Å²) in [6.45, 7) is 2.94. The van der Waals surface area contributed by atoms with Gasteiger partial charge in [-0.3, -0.25) is 4.98 Å². The third-order valence-electron chi connectivity index (χ3n) is 3.70. The lowest BCUT2D eigenvalue weighted by molar-refractivity contribution is -0.101. The van der Waals surface area contributed by atoms with E-state index >= 15 is 0 Å². The van der Waals surface area contributed by atoms with E-state index in [-0.39, 0.29) is 11.6 Å². The van der Waals surface area contributed by atoms with Crippen LogP contribution >= 0.6 is 0 Å². The van der Waals surface area contributed by atoms with Gasteiger partial charge in [-0.25, -0.2) is 4.98 Å². The average Bonchev–Trinajstić information content (AvgIpc) is 2.37. The maximum atomic E-state index is 5.76. The quantitative estimate of drug-likeness (QED) is 0.834. The number of methoxy groups -OCH3 is 2. The molecule has 1 aromatic rings. The topological polar surface area (TPSA) is 56.3 Å². The Morgan fingerprint density at radius 1 is 1.33 bits per heavy atom. The number of rotatable bonds is 6. The lowest BCUT2D eigenvalue weighted by atomic mass is 9.73. The maximum absolute atomic E-state index is 5.76. The van der Waals surface area contributed by atoms with Crippen molar-refractivity contribution < 1.29 is 9.47 Å². The molecule has 1 N–H and O–H groups in total. The Hall–Kier alpha value is -1.20. The fourth-order valence-corrected chi connectivity index (χ4v) is 2.56. The predicted octanol–water partition coefficient (Wildman–Crippen LogP) is 1.70. The van der Waals surface area contributed by atoms with Crippen LogP contribution in [-0.2, 0) is 4.74 Å². The first-order valence-electron chi connectivity index (χ1n) is 6.41. The average molecular weight is 251 g/mol. The predicted molar refractivity (Wildman–Crippen MR) is 68.6 cm³/mol. The van der Waals surface area contributed by atoms with Crippen molar-refractivity contribution in [1.29, 1.82) is 0 Å². The van der Waals surface area contributed by atoms with Gasteiger partial charge in [0.2, 0.25) is 5.88 Å². The van der Waals surface area contributed by atoms with Gasteiger partial charge in [-0.15, -0.1) is 0 Å². The van der Waals surface area contributed by atoms with Crippen LogP contribution in [0.5, 0.6) is 5.88 Å². The molecule has 1 fully saturated rings. The van der Waals surface area contributed by atoms with Gasteiger partial charge in [0.1, 0.15) is 5.69 Å². The number of hydrogen-bond acceptors (Lipinski definition) is 5. The summed E-state index contributed by atoms with van der Waals surface area (Å²) in [6, 6.07) is 0.0323. The first-order valence-corrected chi connectivity index (χ1v) is 6.41. The van der Waals surface area contributed by atoms with E-state index in [2.05, 4.69) is 22.2 Å². The number of ether oxygens (including phenoxy) is 2. The molecule has 1 heterocycles. The number of likely N-dealkylation sites (N-methyl/N-ethyl adjacent to an activating group) is 1. The van der Waals surface area contributed by atoms with Gasteiger partial charge >= 0.3 is 0 Å². The summed E-state index contributed by atoms with van der Waals surface area (Å²) < 4.78 is 11.1. The molecule has 100 valence electrons. The van der Waals surface area contributed by atoms with Gasteiger partial charge in [0.15, 0.2) is 0 Å². The third kappa shape index (κ3) is 2.20. The highest BCUT2D eigenvalue weighted by Crippen LogP contribution is 2.45. The molecule has 0 aromatic carbocycles. The molecule has 0 aliphatic heterocycles. The molecule has 5 heteroatoms. The summed E-state index contributed by atoms with van der Waals surface area (Å²) in [6.07, 6.45) is 6.62. The molecule has 0 radical (unpaired) electrons. The van der Waals surface area contributed by atoms with E-state index in [0.29, 0.717) is 5.88 Å². The molecular weight excluding hydrogens is 230 g/mol. The molecule has 0 amide bonds. The van der Waals surface area contributed by atoms with E-state index in [4.69, 9.17) is 9.47 Å². The highest BCUT2D eigenvalue weighted by Gasteiger charge is 2.46. The Labute approximate surface area is 108 Å². The summed E-state index contributed by atoms with van der Waals surface area (Å²) in [5.74, 6) is 0.576. The molecular formula is C13H21N3O2. The Bertz CT molecular complexity index is 388. The zero-order valence-corrected chi connectivity index (χ0v) is 11.3. The van der Waals surface area contributed by atoms with Crippen molar-refractivity contribution >= 4 is 0 Å². The van der Waals surface area contributed by atoms with Crippen LogP contribution in [0.3, 0.4) is 0 Å². The minimum absolute atomic E-state index is 0.0323. The van der Waals surface area contributed by atoms with Crippen molar-refractivity contribution in [2.24, 2.45) is 0 Å². The van der Waals surface area contributed by atoms with Crippen molar-refractivity contribution in [3.8, 4) is 5.88 Å². The summed E-state index contributed by atoms with van der Waals surface area (Å²) in [7, 11) is 3.39. The van der Waals surface area contributed by atoms with E-state index < -0.39 is 0 Å². The number of nitrogens with one attached hydrogen (secondary N) is 1. The smallest absolute Gasteiger partial charge is 0.237 e. The van der Waals surface area contributed by atoms with E-state index in [1.54, 1.807) is 26.6 Å². The first kappa shape index (κ1) is 13.2. The molecule has 0 bridgehead atoms. The van der Waals surface area contributed by atoms with Gasteiger partial charge in [0.05, 0.1) is 18.8 Å². The lowest BCUT2D eigenvalue weighted by Gasteiger charge is -2.46. The number of aromatic nitrogens is 2. The standard InChI is InChI=1S/C13H21N3O2/c1-4-14-11(13(18-3)6-5-7-13)10-12(17-2)16-9-8-15-10/h8-9,11,14H,4-7H2,1-3H3. The molecule has 5 nitrogen and oxygen atoms in total. The fourth-order valence-electron chi connectivity index (χ4n) is 2.56. The molecule has 1 aliphatic rings. The SMILES string of the molecule is CCNC(c1nccnc1OC)C1(OC)CCC1. The fraction of sp³-hybridized carbons (Fsp3) is 0.692. The van der Waals surface area contributed by atoms with E-state index in [0.717, 1.165) is 25.1 Å². The van der Waals surface area contributed by atoms with Crippen molar-refractivity contribution in [2.45, 2.75) is 37.8 Å². The molecule has 1 saturated carbocycles. The molecule has 1 aromatic heterocycles. The lowest BCUT2D eigenvalue weighted by Crippen LogP contribution is -2.51. The van der Waals surface area contributed by atoms with E-state index in [1.807, 2.05) is 0 Å². The first-order chi connectivity index (χ1) is 8.77. The van der Waals surface area contributed by atoms with Gasteiger partial charge in [0, 0.05) is 19.5 Å². The monoisotopic (exact) mass is 251 g/mol. The van der Waals surface area contributed by atoms with Gasteiger partial charge in [-0.1, -0.05) is 6.92 Å². The van der Waals surface area contributed by atoms with Gasteiger partial charge < -0.3 is 14.8 Å². The Balaban J connectivity index is 2.34. The number of nitrogens with zero attached hydrogens (tertiary/aromatic N) is 2. The summed E-state index contributed by atoms with van der Waals surface area (Å²) in [4.78, 5) is 8.66. The van der Waals surface area contributed by atoms with Gasteiger partial charge in [-0.05, 0) is 25.8 Å². The van der Waals surface area contributed by atoms with Crippen molar-refractivity contribution in [3.05, 3.63) is 18.1 Å². The minimum Gasteiger partial charge on any atom is -0.480 e. The zero-order chi connectivity index (χ0) is 13.0. The summed E-state index contributed by atoms with van der Waals surface area (Å²) >= 11 is 0. The van der Waals surface area contributed by atoms with Crippen LogP contribution in [-0.4, -0.2) is 36.3 Å². The highest BCUT2D eigenvalue weighted by atomic mass is 16.5. The van der Waals surface area contributed by atoms with Crippen molar-refractivity contribution in [1.82, 2.24) is 15.3 Å². The van der Waals surface area contributed by atoms with Crippen LogP contribution in [0.4, 0.5) is 0 Å². The molecule has 2 rings (SSSR count).